The molecular weight excluding hydrogens is 348 g/mol. The first-order valence-corrected chi connectivity index (χ1v) is 9.86. The summed E-state index contributed by atoms with van der Waals surface area (Å²) in [4.78, 5) is 0. The van der Waals surface area contributed by atoms with Gasteiger partial charge in [0, 0.05) is 0 Å². The molecule has 1 aliphatic rings. The minimum absolute atomic E-state index is 0.544. The molecule has 0 fully saturated rings. The smallest absolute Gasteiger partial charge is 0.120 e. The minimum Gasteiger partial charge on any atom is -0.497 e. The number of aliphatic hydroxyl groups is 1. The minimum atomic E-state index is -0.976. The molecule has 0 saturated heterocycles. The van der Waals surface area contributed by atoms with E-state index in [1.165, 1.54) is 5.56 Å². The largest absolute Gasteiger partial charge is 0.497 e. The first kappa shape index (κ1) is 18.6. The Labute approximate surface area is 166 Å². The van der Waals surface area contributed by atoms with E-state index in [0.717, 1.165) is 53.9 Å². The number of rotatable bonds is 5. The molecule has 4 rings (SSSR count). The summed E-state index contributed by atoms with van der Waals surface area (Å²) in [5, 5.41) is 11.7. The van der Waals surface area contributed by atoms with E-state index in [4.69, 9.17) is 9.47 Å². The standard InChI is InChI=1S/C25H26O3/c1-27-22-12-10-21(11-13-22)25(26)16-6-5-9-20-17-23(14-15-24(20)25)28-18-19-7-3-2-4-8-19/h2-4,7-8,10-15,17,26H,5-6,9,16,18H2,1H3. The maximum Gasteiger partial charge on any atom is 0.120 e. The molecule has 3 aromatic carbocycles. The van der Waals surface area contributed by atoms with Crippen molar-refractivity contribution in [3.63, 3.8) is 0 Å². The van der Waals surface area contributed by atoms with Crippen LogP contribution in [0.4, 0.5) is 0 Å². The van der Waals surface area contributed by atoms with Gasteiger partial charge >= 0.3 is 0 Å². The van der Waals surface area contributed by atoms with Crippen LogP contribution in [0.5, 0.6) is 11.5 Å². The van der Waals surface area contributed by atoms with Gasteiger partial charge in [0.1, 0.15) is 23.7 Å². The van der Waals surface area contributed by atoms with Gasteiger partial charge in [-0.1, -0.05) is 48.5 Å². The van der Waals surface area contributed by atoms with E-state index in [-0.39, 0.29) is 0 Å². The van der Waals surface area contributed by atoms with Crippen LogP contribution in [0.25, 0.3) is 0 Å². The lowest BCUT2D eigenvalue weighted by Crippen LogP contribution is -2.27. The summed E-state index contributed by atoms with van der Waals surface area (Å²) in [6, 6.07) is 24.0. The molecule has 0 aliphatic heterocycles. The maximum absolute atomic E-state index is 11.7. The molecule has 28 heavy (non-hydrogen) atoms. The number of methoxy groups -OCH3 is 1. The summed E-state index contributed by atoms with van der Waals surface area (Å²) in [6.07, 6.45) is 3.72. The molecule has 1 unspecified atom stereocenters. The first-order valence-electron chi connectivity index (χ1n) is 9.86. The molecular formula is C25H26O3. The van der Waals surface area contributed by atoms with Crippen molar-refractivity contribution in [1.82, 2.24) is 0 Å². The van der Waals surface area contributed by atoms with Crippen LogP contribution < -0.4 is 9.47 Å². The number of hydrogen-bond acceptors (Lipinski definition) is 3. The van der Waals surface area contributed by atoms with Crippen molar-refractivity contribution >= 4 is 0 Å². The molecule has 1 N–H and O–H groups in total. The summed E-state index contributed by atoms with van der Waals surface area (Å²) in [7, 11) is 1.65. The quantitative estimate of drug-likeness (QED) is 0.621. The fourth-order valence-electron chi connectivity index (χ4n) is 4.01. The number of ether oxygens (including phenoxy) is 2. The molecule has 0 amide bonds. The van der Waals surface area contributed by atoms with E-state index >= 15 is 0 Å². The van der Waals surface area contributed by atoms with E-state index in [1.54, 1.807) is 7.11 Å². The Morgan fingerprint density at radius 3 is 2.39 bits per heavy atom. The average molecular weight is 374 g/mol. The highest BCUT2D eigenvalue weighted by molar-refractivity contribution is 5.46. The Bertz CT molecular complexity index is 918. The average Bonchev–Trinajstić information content (AvgIpc) is 2.92. The fourth-order valence-corrected chi connectivity index (χ4v) is 4.01. The third-order valence-electron chi connectivity index (χ3n) is 5.57. The second kappa shape index (κ2) is 8.07. The zero-order valence-electron chi connectivity index (χ0n) is 16.2. The summed E-state index contributed by atoms with van der Waals surface area (Å²) in [5.74, 6) is 1.65. The predicted molar refractivity (Wildman–Crippen MR) is 111 cm³/mol. The normalized spacial score (nSPS) is 18.8. The van der Waals surface area contributed by atoms with Gasteiger partial charge in [0.05, 0.1) is 7.11 Å². The zero-order valence-corrected chi connectivity index (χ0v) is 16.2. The molecule has 3 nitrogen and oxygen atoms in total. The second-order valence-corrected chi connectivity index (χ2v) is 7.39. The Balaban J connectivity index is 1.62. The first-order chi connectivity index (χ1) is 13.7. The molecule has 0 aromatic heterocycles. The van der Waals surface area contributed by atoms with Gasteiger partial charge in [0.25, 0.3) is 0 Å². The van der Waals surface area contributed by atoms with E-state index in [2.05, 4.69) is 18.2 Å². The fraction of sp³-hybridized carbons (Fsp3) is 0.280. The van der Waals surface area contributed by atoms with Gasteiger partial charge in [0.2, 0.25) is 0 Å². The van der Waals surface area contributed by atoms with Crippen LogP contribution in [0.15, 0.2) is 72.8 Å². The third-order valence-corrected chi connectivity index (χ3v) is 5.57. The lowest BCUT2D eigenvalue weighted by Gasteiger charge is -2.30. The molecule has 0 radical (unpaired) electrons. The molecule has 144 valence electrons. The number of hydrogen-bond donors (Lipinski definition) is 1. The van der Waals surface area contributed by atoms with Crippen LogP contribution >= 0.6 is 0 Å². The topological polar surface area (TPSA) is 38.7 Å². The Morgan fingerprint density at radius 1 is 0.893 bits per heavy atom. The van der Waals surface area contributed by atoms with Gasteiger partial charge in [-0.15, -0.1) is 0 Å². The SMILES string of the molecule is COc1ccc(C2(O)CCCCc3cc(OCc4ccccc4)ccc32)cc1. The maximum atomic E-state index is 11.7. The monoisotopic (exact) mass is 374 g/mol. The van der Waals surface area contributed by atoms with Gasteiger partial charge in [-0.05, 0) is 72.2 Å². The molecule has 0 heterocycles. The van der Waals surface area contributed by atoms with Gasteiger partial charge in [-0.25, -0.2) is 0 Å². The van der Waals surface area contributed by atoms with Crippen molar-refractivity contribution in [2.24, 2.45) is 0 Å². The third kappa shape index (κ3) is 3.76. The highest BCUT2D eigenvalue weighted by atomic mass is 16.5. The van der Waals surface area contributed by atoms with Crippen LogP contribution in [0.3, 0.4) is 0 Å². The zero-order chi connectivity index (χ0) is 19.4. The van der Waals surface area contributed by atoms with Crippen molar-refractivity contribution in [2.75, 3.05) is 7.11 Å². The van der Waals surface area contributed by atoms with Crippen LogP contribution in [-0.4, -0.2) is 12.2 Å². The van der Waals surface area contributed by atoms with Crippen molar-refractivity contribution in [3.05, 3.63) is 95.1 Å². The number of aryl methyl sites for hydroxylation is 1. The Hall–Kier alpha value is -2.78. The van der Waals surface area contributed by atoms with Gasteiger partial charge < -0.3 is 14.6 Å². The predicted octanol–water partition coefficient (Wildman–Crippen LogP) is 5.24. The molecule has 0 saturated carbocycles. The van der Waals surface area contributed by atoms with Crippen molar-refractivity contribution in [2.45, 2.75) is 37.9 Å². The highest BCUT2D eigenvalue weighted by Crippen LogP contribution is 2.41. The second-order valence-electron chi connectivity index (χ2n) is 7.39. The van der Waals surface area contributed by atoms with E-state index in [1.807, 2.05) is 54.6 Å². The molecule has 1 aliphatic carbocycles. The van der Waals surface area contributed by atoms with Crippen LogP contribution in [-0.2, 0) is 18.6 Å². The molecule has 3 heteroatoms. The number of benzene rings is 3. The van der Waals surface area contributed by atoms with Gasteiger partial charge in [-0.3, -0.25) is 0 Å². The Kier molecular flexibility index (Phi) is 5.36. The van der Waals surface area contributed by atoms with Crippen molar-refractivity contribution < 1.29 is 14.6 Å². The van der Waals surface area contributed by atoms with E-state index in [9.17, 15) is 5.11 Å². The van der Waals surface area contributed by atoms with Gasteiger partial charge in [0.15, 0.2) is 0 Å². The van der Waals surface area contributed by atoms with Gasteiger partial charge in [-0.2, -0.15) is 0 Å². The van der Waals surface area contributed by atoms with Crippen molar-refractivity contribution in [3.8, 4) is 11.5 Å². The number of fused-ring (bicyclic) bond motifs is 1. The lowest BCUT2D eigenvalue weighted by molar-refractivity contribution is 0.0703. The summed E-state index contributed by atoms with van der Waals surface area (Å²) < 4.78 is 11.3. The summed E-state index contributed by atoms with van der Waals surface area (Å²) >= 11 is 0. The van der Waals surface area contributed by atoms with Crippen molar-refractivity contribution in [1.29, 1.82) is 0 Å². The molecule has 0 bridgehead atoms. The lowest BCUT2D eigenvalue weighted by atomic mass is 9.82. The summed E-state index contributed by atoms with van der Waals surface area (Å²) in [6.45, 7) is 0.544. The molecule has 0 spiro atoms. The highest BCUT2D eigenvalue weighted by Gasteiger charge is 2.35. The summed E-state index contributed by atoms with van der Waals surface area (Å²) in [5.41, 5.74) is 3.24. The molecule has 1 atom stereocenters. The van der Waals surface area contributed by atoms with Crippen LogP contribution in [0, 0.1) is 0 Å². The van der Waals surface area contributed by atoms with E-state index < -0.39 is 5.60 Å². The van der Waals surface area contributed by atoms with E-state index in [0.29, 0.717) is 6.61 Å². The van der Waals surface area contributed by atoms with Crippen LogP contribution in [0.2, 0.25) is 0 Å². The Morgan fingerprint density at radius 2 is 1.64 bits per heavy atom. The van der Waals surface area contributed by atoms with Crippen LogP contribution in [0.1, 0.15) is 41.5 Å². The molecule has 3 aromatic rings.